The third kappa shape index (κ3) is 3.86. The minimum absolute atomic E-state index is 0. The van der Waals surface area contributed by atoms with Crippen LogP contribution in [0, 0.1) is 0 Å². The quantitative estimate of drug-likeness (QED) is 0.888. The topological polar surface area (TPSA) is 59.4 Å². The van der Waals surface area contributed by atoms with Crippen molar-refractivity contribution in [2.45, 2.75) is 25.8 Å². The molecule has 1 unspecified atom stereocenters. The van der Waals surface area contributed by atoms with Gasteiger partial charge in [-0.3, -0.25) is 9.48 Å². The number of para-hydroxylation sites is 1. The van der Waals surface area contributed by atoms with E-state index in [0.29, 0.717) is 24.7 Å². The van der Waals surface area contributed by atoms with Crippen molar-refractivity contribution in [1.29, 1.82) is 0 Å². The van der Waals surface area contributed by atoms with Gasteiger partial charge in [0.05, 0.1) is 18.8 Å². The molecule has 0 saturated carbocycles. The largest absolute Gasteiger partial charge is 0.496 e. The Morgan fingerprint density at radius 2 is 2.08 bits per heavy atom. The van der Waals surface area contributed by atoms with Gasteiger partial charge in [-0.25, -0.2) is 0 Å². The van der Waals surface area contributed by atoms with Crippen molar-refractivity contribution in [2.24, 2.45) is 7.05 Å². The number of nitrogens with one attached hydrogen (secondary N) is 1. The number of ether oxygens (including phenoxy) is 1. The molecule has 0 spiro atoms. The summed E-state index contributed by atoms with van der Waals surface area (Å²) in [7, 11) is 3.50. The SMILES string of the molecule is COc1ccccc1C1CNCCN1C(=O)c1cc(C(C)C)nn1C.Cl. The summed E-state index contributed by atoms with van der Waals surface area (Å²) in [6, 6.07) is 9.74. The van der Waals surface area contributed by atoms with Crippen LogP contribution in [-0.2, 0) is 7.05 Å². The first-order chi connectivity index (χ1) is 12.0. The molecule has 6 nitrogen and oxygen atoms in total. The molecule has 1 aliphatic heterocycles. The summed E-state index contributed by atoms with van der Waals surface area (Å²) in [4.78, 5) is 15.2. The van der Waals surface area contributed by atoms with Gasteiger partial charge in [-0.2, -0.15) is 5.10 Å². The molecule has 3 rings (SSSR count). The second-order valence-electron chi connectivity index (χ2n) is 6.69. The fourth-order valence-corrected chi connectivity index (χ4v) is 3.29. The van der Waals surface area contributed by atoms with E-state index >= 15 is 0 Å². The minimum atomic E-state index is -0.0604. The molecule has 1 aromatic carbocycles. The zero-order chi connectivity index (χ0) is 18.0. The first-order valence-electron chi connectivity index (χ1n) is 8.71. The van der Waals surface area contributed by atoms with E-state index in [9.17, 15) is 4.79 Å². The molecule has 0 radical (unpaired) electrons. The second-order valence-corrected chi connectivity index (χ2v) is 6.69. The maximum Gasteiger partial charge on any atom is 0.272 e. The smallest absolute Gasteiger partial charge is 0.272 e. The third-order valence-corrected chi connectivity index (χ3v) is 4.71. The highest BCUT2D eigenvalue weighted by Gasteiger charge is 2.32. The highest BCUT2D eigenvalue weighted by atomic mass is 35.5. The lowest BCUT2D eigenvalue weighted by molar-refractivity contribution is 0.0620. The van der Waals surface area contributed by atoms with Gasteiger partial charge in [0.15, 0.2) is 0 Å². The molecule has 0 bridgehead atoms. The van der Waals surface area contributed by atoms with Crippen LogP contribution in [0.1, 0.15) is 47.6 Å². The average molecular weight is 379 g/mol. The van der Waals surface area contributed by atoms with Gasteiger partial charge in [0, 0.05) is 32.2 Å². The van der Waals surface area contributed by atoms with E-state index in [1.165, 1.54) is 0 Å². The van der Waals surface area contributed by atoms with Crippen molar-refractivity contribution in [3.05, 3.63) is 47.3 Å². The fraction of sp³-hybridized carbons (Fsp3) is 0.474. The summed E-state index contributed by atoms with van der Waals surface area (Å²) in [5, 5.41) is 7.87. The molecular weight excluding hydrogens is 352 g/mol. The van der Waals surface area contributed by atoms with Gasteiger partial charge in [-0.1, -0.05) is 32.0 Å². The molecule has 26 heavy (non-hydrogen) atoms. The molecule has 2 aromatic rings. The Labute approximate surface area is 160 Å². The number of aromatic nitrogens is 2. The maximum absolute atomic E-state index is 13.2. The number of piperazine rings is 1. The lowest BCUT2D eigenvalue weighted by Crippen LogP contribution is -2.49. The summed E-state index contributed by atoms with van der Waals surface area (Å²) in [5.41, 5.74) is 2.59. The zero-order valence-electron chi connectivity index (χ0n) is 15.7. The zero-order valence-corrected chi connectivity index (χ0v) is 16.5. The Hall–Kier alpha value is -2.05. The highest BCUT2D eigenvalue weighted by Crippen LogP contribution is 2.31. The highest BCUT2D eigenvalue weighted by molar-refractivity contribution is 5.93. The van der Waals surface area contributed by atoms with Gasteiger partial charge in [0.25, 0.3) is 5.91 Å². The number of amides is 1. The Bertz CT molecular complexity index is 760. The Morgan fingerprint density at radius 1 is 1.35 bits per heavy atom. The van der Waals surface area contributed by atoms with E-state index in [2.05, 4.69) is 24.3 Å². The van der Waals surface area contributed by atoms with Gasteiger partial charge in [-0.05, 0) is 18.1 Å². The molecule has 1 aromatic heterocycles. The number of carbonyl (C=O) groups is 1. The Kier molecular flexibility index (Phi) is 6.67. The van der Waals surface area contributed by atoms with Crippen molar-refractivity contribution in [2.75, 3.05) is 26.7 Å². The molecule has 142 valence electrons. The number of nitrogens with zero attached hydrogens (tertiary/aromatic N) is 3. The van der Waals surface area contributed by atoms with Crippen molar-refractivity contribution in [3.8, 4) is 5.75 Å². The van der Waals surface area contributed by atoms with Gasteiger partial charge in [-0.15, -0.1) is 12.4 Å². The summed E-state index contributed by atoms with van der Waals surface area (Å²) >= 11 is 0. The second kappa shape index (κ2) is 8.56. The fourth-order valence-electron chi connectivity index (χ4n) is 3.29. The van der Waals surface area contributed by atoms with Gasteiger partial charge >= 0.3 is 0 Å². The van der Waals surface area contributed by atoms with Crippen LogP contribution in [0.4, 0.5) is 0 Å². The molecule has 1 saturated heterocycles. The number of hydrogen-bond acceptors (Lipinski definition) is 4. The lowest BCUT2D eigenvalue weighted by Gasteiger charge is -2.37. The molecule has 1 amide bonds. The van der Waals surface area contributed by atoms with E-state index < -0.39 is 0 Å². The Balaban J connectivity index is 0.00000243. The summed E-state index contributed by atoms with van der Waals surface area (Å²) < 4.78 is 7.20. The monoisotopic (exact) mass is 378 g/mol. The predicted octanol–water partition coefficient (Wildman–Crippen LogP) is 2.76. The van der Waals surface area contributed by atoms with Crippen LogP contribution in [0.25, 0.3) is 0 Å². The Morgan fingerprint density at radius 3 is 2.73 bits per heavy atom. The van der Waals surface area contributed by atoms with Crippen LogP contribution in [0.2, 0.25) is 0 Å². The van der Waals surface area contributed by atoms with Gasteiger partial charge in [0.2, 0.25) is 0 Å². The molecule has 7 heteroatoms. The summed E-state index contributed by atoms with van der Waals surface area (Å²) in [6.45, 7) is 6.31. The summed E-state index contributed by atoms with van der Waals surface area (Å²) in [5.74, 6) is 1.11. The average Bonchev–Trinajstić information content (AvgIpc) is 3.03. The van der Waals surface area contributed by atoms with E-state index in [0.717, 1.165) is 23.6 Å². The maximum atomic E-state index is 13.2. The number of carbonyl (C=O) groups excluding carboxylic acids is 1. The molecule has 1 fully saturated rings. The van der Waals surface area contributed by atoms with E-state index in [1.54, 1.807) is 11.8 Å². The van der Waals surface area contributed by atoms with Gasteiger partial charge < -0.3 is 15.0 Å². The number of benzene rings is 1. The normalized spacial score (nSPS) is 17.1. The standard InChI is InChI=1S/C19H26N4O2.ClH/c1-13(2)15-11-16(22(3)21-15)19(24)23-10-9-20-12-17(23)14-7-5-6-8-18(14)25-4;/h5-8,11,13,17,20H,9-10,12H2,1-4H3;1H. The predicted molar refractivity (Wildman–Crippen MR) is 104 cm³/mol. The number of halogens is 1. The van der Waals surface area contributed by atoms with Crippen LogP contribution >= 0.6 is 12.4 Å². The van der Waals surface area contributed by atoms with Crippen LogP contribution in [0.3, 0.4) is 0 Å². The van der Waals surface area contributed by atoms with Crippen LogP contribution in [0.15, 0.2) is 30.3 Å². The summed E-state index contributed by atoms with van der Waals surface area (Å²) in [6.07, 6.45) is 0. The van der Waals surface area contributed by atoms with Crippen LogP contribution in [-0.4, -0.2) is 47.3 Å². The minimum Gasteiger partial charge on any atom is -0.496 e. The van der Waals surface area contributed by atoms with E-state index in [1.807, 2.05) is 42.3 Å². The first-order valence-corrected chi connectivity index (χ1v) is 8.71. The van der Waals surface area contributed by atoms with Crippen molar-refractivity contribution in [1.82, 2.24) is 20.0 Å². The van der Waals surface area contributed by atoms with Gasteiger partial charge in [0.1, 0.15) is 11.4 Å². The van der Waals surface area contributed by atoms with Crippen LogP contribution < -0.4 is 10.1 Å². The molecule has 1 atom stereocenters. The van der Waals surface area contributed by atoms with E-state index in [4.69, 9.17) is 4.74 Å². The number of aryl methyl sites for hydroxylation is 1. The number of rotatable bonds is 4. The van der Waals surface area contributed by atoms with Crippen molar-refractivity contribution >= 4 is 18.3 Å². The van der Waals surface area contributed by atoms with Crippen LogP contribution in [0.5, 0.6) is 5.75 Å². The molecule has 2 heterocycles. The molecule has 0 aliphatic carbocycles. The third-order valence-electron chi connectivity index (χ3n) is 4.71. The number of hydrogen-bond donors (Lipinski definition) is 1. The van der Waals surface area contributed by atoms with E-state index in [-0.39, 0.29) is 24.4 Å². The first kappa shape index (κ1) is 20.3. The number of methoxy groups -OCH3 is 1. The van der Waals surface area contributed by atoms with Crippen molar-refractivity contribution < 1.29 is 9.53 Å². The molecule has 1 aliphatic rings. The lowest BCUT2D eigenvalue weighted by atomic mass is 10.0. The molecule has 1 N–H and O–H groups in total. The molecular formula is C19H27ClN4O2. The van der Waals surface area contributed by atoms with Crippen molar-refractivity contribution in [3.63, 3.8) is 0 Å².